The molecule has 0 atom stereocenters. The van der Waals surface area contributed by atoms with E-state index in [0.717, 1.165) is 11.0 Å². The van der Waals surface area contributed by atoms with E-state index < -0.39 is 0 Å². The number of likely N-dealkylation sites (tertiary alicyclic amines) is 1. The maximum Gasteiger partial charge on any atom is 0.0253 e. The van der Waals surface area contributed by atoms with E-state index in [2.05, 4.69) is 82.4 Å². The molecule has 1 nitrogen and oxygen atoms in total. The molecule has 0 aromatic heterocycles. The van der Waals surface area contributed by atoms with Gasteiger partial charge in [-0.15, -0.1) is 0 Å². The average molecular weight is 370 g/mol. The van der Waals surface area contributed by atoms with Crippen molar-refractivity contribution in [3.8, 4) is 11.1 Å². The minimum absolute atomic E-state index is 1.08. The Labute approximate surface area is 148 Å². The molecule has 2 aromatic carbocycles. The number of benzene rings is 2. The van der Waals surface area contributed by atoms with E-state index in [1.54, 1.807) is 0 Å². The molecule has 1 heterocycles. The van der Waals surface area contributed by atoms with Gasteiger partial charge in [0.1, 0.15) is 0 Å². The Kier molecular flexibility index (Phi) is 5.69. The summed E-state index contributed by atoms with van der Waals surface area (Å²) in [5.41, 5.74) is 5.19. The first kappa shape index (κ1) is 16.5. The monoisotopic (exact) mass is 369 g/mol. The molecule has 2 heteroatoms. The molecule has 0 saturated carbocycles. The highest BCUT2D eigenvalue weighted by Crippen LogP contribution is 2.29. The molecule has 0 amide bonds. The van der Waals surface area contributed by atoms with Crippen LogP contribution in [0.15, 0.2) is 59.1 Å². The third-order valence-corrected chi connectivity index (χ3v) is 5.32. The molecule has 120 valence electrons. The van der Waals surface area contributed by atoms with Gasteiger partial charge < -0.3 is 0 Å². The van der Waals surface area contributed by atoms with E-state index in [9.17, 15) is 0 Å². The van der Waals surface area contributed by atoms with Crippen molar-refractivity contribution in [1.82, 2.24) is 4.90 Å². The van der Waals surface area contributed by atoms with Crippen LogP contribution in [0.5, 0.6) is 0 Å². The predicted molar refractivity (Wildman–Crippen MR) is 104 cm³/mol. The van der Waals surface area contributed by atoms with E-state index in [4.69, 9.17) is 0 Å². The molecule has 1 aliphatic heterocycles. The molecular formula is C21H24BrN. The summed E-state index contributed by atoms with van der Waals surface area (Å²) in [4.78, 5) is 2.56. The Bertz CT molecular complexity index is 666. The van der Waals surface area contributed by atoms with Gasteiger partial charge in [0.05, 0.1) is 0 Å². The van der Waals surface area contributed by atoms with E-state index in [1.807, 2.05) is 0 Å². The molecule has 1 fully saturated rings. The summed E-state index contributed by atoms with van der Waals surface area (Å²) in [5, 5.41) is 0. The Balaban J connectivity index is 1.70. The van der Waals surface area contributed by atoms with Crippen LogP contribution in [0.2, 0.25) is 0 Å². The standard InChI is InChI=1S/C21H24BrN/c1-17(13-16-23-14-5-2-6-15-23)18-9-11-19(12-10-18)20-7-3-4-8-21(20)22/h3-4,7-13H,2,5-6,14-16H2,1H3. The van der Waals surface area contributed by atoms with Crippen LogP contribution in [-0.4, -0.2) is 24.5 Å². The minimum Gasteiger partial charge on any atom is -0.300 e. The van der Waals surface area contributed by atoms with Crippen LogP contribution in [0.25, 0.3) is 16.7 Å². The molecule has 3 rings (SSSR count). The van der Waals surface area contributed by atoms with E-state index in [-0.39, 0.29) is 0 Å². The Morgan fingerprint density at radius 1 is 1.00 bits per heavy atom. The van der Waals surface area contributed by atoms with Crippen LogP contribution >= 0.6 is 15.9 Å². The van der Waals surface area contributed by atoms with Crippen molar-refractivity contribution in [3.05, 3.63) is 64.6 Å². The zero-order valence-electron chi connectivity index (χ0n) is 13.8. The number of hydrogen-bond donors (Lipinski definition) is 0. The van der Waals surface area contributed by atoms with E-state index in [0.29, 0.717) is 0 Å². The molecule has 0 aliphatic carbocycles. The van der Waals surface area contributed by atoms with Gasteiger partial charge in [-0.05, 0) is 61.2 Å². The lowest BCUT2D eigenvalue weighted by molar-refractivity contribution is 0.251. The highest BCUT2D eigenvalue weighted by atomic mass is 79.9. The summed E-state index contributed by atoms with van der Waals surface area (Å²) in [5.74, 6) is 0. The second-order valence-corrected chi connectivity index (χ2v) is 7.16. The van der Waals surface area contributed by atoms with Crippen LogP contribution < -0.4 is 0 Å². The van der Waals surface area contributed by atoms with Crippen molar-refractivity contribution < 1.29 is 0 Å². The Morgan fingerprint density at radius 3 is 2.39 bits per heavy atom. The lowest BCUT2D eigenvalue weighted by Crippen LogP contribution is -2.29. The highest BCUT2D eigenvalue weighted by Gasteiger charge is 2.08. The number of halogens is 1. The summed E-state index contributed by atoms with van der Waals surface area (Å²) in [7, 11) is 0. The zero-order chi connectivity index (χ0) is 16.1. The minimum atomic E-state index is 1.08. The third kappa shape index (κ3) is 4.33. The summed E-state index contributed by atoms with van der Waals surface area (Å²) in [6.45, 7) is 5.81. The normalized spacial score (nSPS) is 16.5. The van der Waals surface area contributed by atoms with Gasteiger partial charge in [-0.3, -0.25) is 4.90 Å². The van der Waals surface area contributed by atoms with Gasteiger partial charge in [0, 0.05) is 11.0 Å². The van der Waals surface area contributed by atoms with Crippen LogP contribution in [0, 0.1) is 0 Å². The fraction of sp³-hybridized carbons (Fsp3) is 0.333. The smallest absolute Gasteiger partial charge is 0.0253 e. The molecule has 1 saturated heterocycles. The lowest BCUT2D eigenvalue weighted by atomic mass is 10.0. The SMILES string of the molecule is CC(=CCN1CCCCC1)c1ccc(-c2ccccc2Br)cc1. The fourth-order valence-electron chi connectivity index (χ4n) is 3.13. The maximum atomic E-state index is 3.63. The number of piperidine rings is 1. The number of hydrogen-bond acceptors (Lipinski definition) is 1. The molecule has 0 radical (unpaired) electrons. The summed E-state index contributed by atoms with van der Waals surface area (Å²) in [6, 6.07) is 17.3. The molecule has 0 spiro atoms. The first-order valence-electron chi connectivity index (χ1n) is 8.48. The van der Waals surface area contributed by atoms with Crippen molar-refractivity contribution in [2.75, 3.05) is 19.6 Å². The molecule has 2 aromatic rings. The Hall–Kier alpha value is -1.38. The summed E-state index contributed by atoms with van der Waals surface area (Å²) >= 11 is 3.63. The van der Waals surface area contributed by atoms with Crippen molar-refractivity contribution in [2.24, 2.45) is 0 Å². The maximum absolute atomic E-state index is 3.63. The number of nitrogens with zero attached hydrogens (tertiary/aromatic N) is 1. The highest BCUT2D eigenvalue weighted by molar-refractivity contribution is 9.10. The van der Waals surface area contributed by atoms with Gasteiger partial charge >= 0.3 is 0 Å². The molecule has 23 heavy (non-hydrogen) atoms. The largest absolute Gasteiger partial charge is 0.300 e. The number of rotatable bonds is 4. The summed E-state index contributed by atoms with van der Waals surface area (Å²) < 4.78 is 1.14. The second kappa shape index (κ2) is 7.94. The van der Waals surface area contributed by atoms with Gasteiger partial charge in [0.25, 0.3) is 0 Å². The first-order valence-corrected chi connectivity index (χ1v) is 9.28. The van der Waals surface area contributed by atoms with Gasteiger partial charge in [-0.2, -0.15) is 0 Å². The van der Waals surface area contributed by atoms with Gasteiger partial charge in [-0.25, -0.2) is 0 Å². The van der Waals surface area contributed by atoms with Crippen molar-refractivity contribution in [2.45, 2.75) is 26.2 Å². The quantitative estimate of drug-likeness (QED) is 0.638. The van der Waals surface area contributed by atoms with Gasteiger partial charge in [0.2, 0.25) is 0 Å². The zero-order valence-corrected chi connectivity index (χ0v) is 15.3. The third-order valence-electron chi connectivity index (χ3n) is 4.63. The van der Waals surface area contributed by atoms with Gasteiger partial charge in [-0.1, -0.05) is 70.9 Å². The first-order chi connectivity index (χ1) is 11.2. The summed E-state index contributed by atoms with van der Waals surface area (Å²) in [6.07, 6.45) is 6.48. The van der Waals surface area contributed by atoms with Crippen LogP contribution in [-0.2, 0) is 0 Å². The van der Waals surface area contributed by atoms with Crippen molar-refractivity contribution in [1.29, 1.82) is 0 Å². The van der Waals surface area contributed by atoms with E-state index >= 15 is 0 Å². The Morgan fingerprint density at radius 2 is 1.70 bits per heavy atom. The topological polar surface area (TPSA) is 3.24 Å². The number of allylic oxidation sites excluding steroid dienone is 1. The van der Waals surface area contributed by atoms with Crippen LogP contribution in [0.1, 0.15) is 31.7 Å². The average Bonchev–Trinajstić information content (AvgIpc) is 2.61. The van der Waals surface area contributed by atoms with Crippen molar-refractivity contribution in [3.63, 3.8) is 0 Å². The molecule has 0 N–H and O–H groups in total. The van der Waals surface area contributed by atoms with Crippen molar-refractivity contribution >= 4 is 21.5 Å². The molecule has 0 bridgehead atoms. The predicted octanol–water partition coefficient (Wildman–Crippen LogP) is 6.01. The molecular weight excluding hydrogens is 346 g/mol. The molecule has 0 unspecified atom stereocenters. The van der Waals surface area contributed by atoms with E-state index in [1.165, 1.54) is 54.6 Å². The van der Waals surface area contributed by atoms with Gasteiger partial charge in [0.15, 0.2) is 0 Å². The van der Waals surface area contributed by atoms with Crippen LogP contribution in [0.3, 0.4) is 0 Å². The second-order valence-electron chi connectivity index (χ2n) is 6.31. The lowest BCUT2D eigenvalue weighted by Gasteiger charge is -2.25. The van der Waals surface area contributed by atoms with Crippen LogP contribution in [0.4, 0.5) is 0 Å². The fourth-order valence-corrected chi connectivity index (χ4v) is 3.65. The molecule has 1 aliphatic rings.